The maximum atomic E-state index is 9.55. The minimum absolute atomic E-state index is 0.474. The molecule has 1 aromatic heterocycles. The monoisotopic (exact) mass is 715 g/mol. The quantitative estimate of drug-likeness (QED) is 0.159. The first-order valence-electron chi connectivity index (χ1n) is 19.0. The lowest BCUT2D eigenvalue weighted by Gasteiger charge is -2.26. The summed E-state index contributed by atoms with van der Waals surface area (Å²) in [7, 11) is 0. The van der Waals surface area contributed by atoms with Crippen LogP contribution in [0.25, 0.3) is 72.8 Å². The lowest BCUT2D eigenvalue weighted by atomic mass is 9.87. The Morgan fingerprint density at radius 1 is 0.429 bits per heavy atom. The molecule has 2 heterocycles. The zero-order valence-electron chi connectivity index (χ0n) is 30.7. The lowest BCUT2D eigenvalue weighted by molar-refractivity contribution is 1.18. The van der Waals surface area contributed by atoms with Crippen LogP contribution in [0, 0.1) is 5.41 Å². The first-order valence-corrected chi connectivity index (χ1v) is 19.0. The Bertz CT molecular complexity index is 2960. The van der Waals surface area contributed by atoms with Crippen LogP contribution in [0.5, 0.6) is 0 Å². The minimum atomic E-state index is 0.474. The molecule has 0 atom stereocenters. The molecule has 0 amide bonds. The van der Waals surface area contributed by atoms with Crippen molar-refractivity contribution in [2.24, 2.45) is 0 Å². The molecule has 8 aromatic carbocycles. The van der Waals surface area contributed by atoms with E-state index in [1.807, 2.05) is 54.6 Å². The van der Waals surface area contributed by atoms with E-state index in [4.69, 9.17) is 0 Å². The third-order valence-electron chi connectivity index (χ3n) is 10.8. The van der Waals surface area contributed by atoms with E-state index in [-0.39, 0.29) is 0 Å². The highest BCUT2D eigenvalue weighted by atomic mass is 15.0. The van der Waals surface area contributed by atoms with Crippen LogP contribution in [-0.4, -0.2) is 10.3 Å². The molecule has 0 fully saturated rings. The summed E-state index contributed by atoms with van der Waals surface area (Å²) < 4.78 is 2.36. The van der Waals surface area contributed by atoms with Crippen LogP contribution in [-0.2, 0) is 0 Å². The number of benzene rings is 8. The Morgan fingerprint density at radius 3 is 1.66 bits per heavy atom. The minimum Gasteiger partial charge on any atom is -0.354 e. The van der Waals surface area contributed by atoms with E-state index in [1.54, 1.807) is 0 Å². The summed E-state index contributed by atoms with van der Waals surface area (Å²) >= 11 is 0. The Hall–Kier alpha value is -7.49. The fourth-order valence-corrected chi connectivity index (χ4v) is 8.08. The number of nitrogens with one attached hydrogen (secondary N) is 2. The van der Waals surface area contributed by atoms with E-state index in [0.29, 0.717) is 5.71 Å². The summed E-state index contributed by atoms with van der Waals surface area (Å²) in [4.78, 5) is 0. The van der Waals surface area contributed by atoms with Gasteiger partial charge in [-0.15, -0.1) is 0 Å². The van der Waals surface area contributed by atoms with Gasteiger partial charge in [-0.1, -0.05) is 170 Å². The molecule has 0 bridgehead atoms. The normalized spacial score (nSPS) is 13.2. The van der Waals surface area contributed by atoms with Crippen LogP contribution >= 0.6 is 0 Å². The average molecular weight is 716 g/mol. The van der Waals surface area contributed by atoms with Gasteiger partial charge < -0.3 is 9.88 Å². The van der Waals surface area contributed by atoms with Gasteiger partial charge in [0.2, 0.25) is 0 Å². The van der Waals surface area contributed by atoms with Crippen molar-refractivity contribution < 1.29 is 0 Å². The van der Waals surface area contributed by atoms with Crippen molar-refractivity contribution >= 4 is 50.6 Å². The van der Waals surface area contributed by atoms with E-state index in [1.165, 1.54) is 32.9 Å². The number of para-hydroxylation sites is 2. The standard InChI is InChI=1S/C53H37N3/c54-52(40-19-9-3-10-20-40)51(39-17-7-2-8-18-39)53-45-31-29-41(33-43(45)35-48(55-53)38-15-5-1-6-16-38)36-25-27-37(28-26-36)42-30-32-50-47(34-42)46-23-13-14-24-49(46)56(50)44-21-11-4-12-22-44/h1-35,54-55H/b53-51-,54-52?. The number of hydrogen-bond acceptors (Lipinski definition) is 2. The van der Waals surface area contributed by atoms with E-state index in [2.05, 4.69) is 168 Å². The fourth-order valence-electron chi connectivity index (χ4n) is 8.08. The molecule has 0 aliphatic carbocycles. The van der Waals surface area contributed by atoms with E-state index in [9.17, 15) is 5.41 Å². The summed E-state index contributed by atoms with van der Waals surface area (Å²) in [5, 5.41) is 15.8. The van der Waals surface area contributed by atoms with Gasteiger partial charge in [-0.2, -0.15) is 0 Å². The van der Waals surface area contributed by atoms with Crippen molar-refractivity contribution in [1.82, 2.24) is 9.88 Å². The van der Waals surface area contributed by atoms with Crippen LogP contribution in [0.15, 0.2) is 206 Å². The molecule has 9 aromatic rings. The van der Waals surface area contributed by atoms with Crippen molar-refractivity contribution in [2.75, 3.05) is 0 Å². The van der Waals surface area contributed by atoms with E-state index in [0.717, 1.165) is 61.6 Å². The number of aromatic nitrogens is 1. The number of allylic oxidation sites excluding steroid dienone is 1. The Kier molecular flexibility index (Phi) is 8.31. The second kappa shape index (κ2) is 14.1. The number of fused-ring (bicyclic) bond motifs is 4. The van der Waals surface area contributed by atoms with Crippen molar-refractivity contribution in [2.45, 2.75) is 0 Å². The third-order valence-corrected chi connectivity index (χ3v) is 10.8. The van der Waals surface area contributed by atoms with Crippen LogP contribution < -0.4 is 5.32 Å². The molecule has 3 heteroatoms. The van der Waals surface area contributed by atoms with Gasteiger partial charge in [0.05, 0.1) is 22.4 Å². The van der Waals surface area contributed by atoms with Gasteiger partial charge in [0.25, 0.3) is 0 Å². The zero-order valence-corrected chi connectivity index (χ0v) is 30.7. The zero-order chi connectivity index (χ0) is 37.4. The van der Waals surface area contributed by atoms with Crippen molar-refractivity contribution in [3.05, 3.63) is 234 Å². The Balaban J connectivity index is 1.06. The Morgan fingerprint density at radius 2 is 0.964 bits per heavy atom. The molecular formula is C53H37N3. The molecule has 0 saturated carbocycles. The smallest absolute Gasteiger partial charge is 0.0711 e. The summed E-state index contributed by atoms with van der Waals surface area (Å²) in [6.45, 7) is 0. The molecule has 264 valence electrons. The maximum absolute atomic E-state index is 9.55. The van der Waals surface area contributed by atoms with Crippen molar-refractivity contribution in [3.8, 4) is 27.9 Å². The van der Waals surface area contributed by atoms with Gasteiger partial charge in [-0.25, -0.2) is 0 Å². The van der Waals surface area contributed by atoms with Crippen LogP contribution in [0.1, 0.15) is 27.8 Å². The van der Waals surface area contributed by atoms with Gasteiger partial charge in [0.15, 0.2) is 0 Å². The fraction of sp³-hybridized carbons (Fsp3) is 0. The molecule has 0 spiro atoms. The summed E-state index contributed by atoms with van der Waals surface area (Å²) in [5.74, 6) is 0. The highest BCUT2D eigenvalue weighted by Crippen LogP contribution is 2.39. The SMILES string of the molecule is N=C(/C(=C1\NC(c2ccccc2)=Cc2cc(-c3ccc(-c4ccc5c(c4)c4ccccc4n5-c4ccccc4)cc3)ccc21)c1ccccc1)c1ccccc1. The first-order chi connectivity index (χ1) is 27.7. The van der Waals surface area contributed by atoms with Crippen LogP contribution in [0.2, 0.25) is 0 Å². The van der Waals surface area contributed by atoms with E-state index < -0.39 is 0 Å². The first kappa shape index (κ1) is 33.1. The van der Waals surface area contributed by atoms with Crippen molar-refractivity contribution in [1.29, 1.82) is 5.41 Å². The third kappa shape index (κ3) is 5.92. The molecule has 10 rings (SSSR count). The second-order valence-electron chi connectivity index (χ2n) is 14.2. The molecule has 0 saturated heterocycles. The Labute approximate surface area is 326 Å². The predicted molar refractivity (Wildman–Crippen MR) is 236 cm³/mol. The number of hydrogen-bond donors (Lipinski definition) is 2. The average Bonchev–Trinajstić information content (AvgIpc) is 3.61. The second-order valence-corrected chi connectivity index (χ2v) is 14.2. The van der Waals surface area contributed by atoms with Gasteiger partial charge >= 0.3 is 0 Å². The topological polar surface area (TPSA) is 40.8 Å². The molecule has 1 aliphatic heterocycles. The predicted octanol–water partition coefficient (Wildman–Crippen LogP) is 13.2. The molecule has 56 heavy (non-hydrogen) atoms. The van der Waals surface area contributed by atoms with E-state index >= 15 is 0 Å². The largest absolute Gasteiger partial charge is 0.354 e. The summed E-state index contributed by atoms with van der Waals surface area (Å²) in [6.07, 6.45) is 2.24. The summed E-state index contributed by atoms with van der Waals surface area (Å²) in [6, 6.07) is 72.5. The van der Waals surface area contributed by atoms with Gasteiger partial charge in [-0.05, 0) is 81.4 Å². The molecule has 0 radical (unpaired) electrons. The van der Waals surface area contributed by atoms with Gasteiger partial charge in [-0.3, -0.25) is 5.41 Å². The van der Waals surface area contributed by atoms with Crippen molar-refractivity contribution in [3.63, 3.8) is 0 Å². The molecule has 0 unspecified atom stereocenters. The maximum Gasteiger partial charge on any atom is 0.0711 e. The summed E-state index contributed by atoms with van der Waals surface area (Å²) in [5.41, 5.74) is 16.6. The number of nitrogens with zero attached hydrogens (tertiary/aromatic N) is 1. The molecule has 3 nitrogen and oxygen atoms in total. The van der Waals surface area contributed by atoms with Gasteiger partial charge in [0.1, 0.15) is 0 Å². The number of rotatable bonds is 7. The van der Waals surface area contributed by atoms with Crippen LogP contribution in [0.4, 0.5) is 0 Å². The lowest BCUT2D eigenvalue weighted by Crippen LogP contribution is -2.20. The molecule has 1 aliphatic rings. The molecule has 2 N–H and O–H groups in total. The van der Waals surface area contributed by atoms with Gasteiger partial charge in [0, 0.05) is 38.9 Å². The highest BCUT2D eigenvalue weighted by Gasteiger charge is 2.24. The van der Waals surface area contributed by atoms with Crippen LogP contribution in [0.3, 0.4) is 0 Å². The molecular weight excluding hydrogens is 679 g/mol. The highest BCUT2D eigenvalue weighted by molar-refractivity contribution is 6.36.